The minimum Gasteiger partial charge on any atom is -0.370 e. The Morgan fingerprint density at radius 3 is 2.71 bits per heavy atom. The number of nitrogens with one attached hydrogen (secondary N) is 1. The van der Waals surface area contributed by atoms with E-state index in [1.54, 1.807) is 0 Å². The number of hydrogen-bond donors (Lipinski definition) is 2. The number of halogens is 1. The second-order valence-corrected chi connectivity index (χ2v) is 4.36. The van der Waals surface area contributed by atoms with E-state index < -0.39 is 0 Å². The number of aryl methyl sites for hydroxylation is 1. The van der Waals surface area contributed by atoms with Gasteiger partial charge in [0.05, 0.1) is 12.7 Å². The minimum absolute atomic E-state index is 0. The standard InChI is InChI=1S/C11H21N5.HI/c1-8(2)5-13-11(12)14-6-10-7-15-16(4)9(10)3;/h7-8H,5-6H2,1-4H3,(H3,12,13,14);1H. The van der Waals surface area contributed by atoms with Gasteiger partial charge in [0.15, 0.2) is 5.96 Å². The van der Waals surface area contributed by atoms with E-state index in [2.05, 4.69) is 29.3 Å². The van der Waals surface area contributed by atoms with Gasteiger partial charge in [-0.25, -0.2) is 4.99 Å². The van der Waals surface area contributed by atoms with Crippen LogP contribution in [0.5, 0.6) is 0 Å². The van der Waals surface area contributed by atoms with Gasteiger partial charge in [-0.1, -0.05) is 13.8 Å². The van der Waals surface area contributed by atoms with Gasteiger partial charge in [0.25, 0.3) is 0 Å². The molecular formula is C11H22IN5. The first-order valence-corrected chi connectivity index (χ1v) is 5.52. The highest BCUT2D eigenvalue weighted by Crippen LogP contribution is 2.06. The van der Waals surface area contributed by atoms with E-state index >= 15 is 0 Å². The average Bonchev–Trinajstić information content (AvgIpc) is 2.54. The van der Waals surface area contributed by atoms with E-state index in [1.165, 1.54) is 0 Å². The van der Waals surface area contributed by atoms with Gasteiger partial charge >= 0.3 is 0 Å². The van der Waals surface area contributed by atoms with Crippen LogP contribution in [0.15, 0.2) is 11.2 Å². The fourth-order valence-corrected chi connectivity index (χ4v) is 1.23. The van der Waals surface area contributed by atoms with Crippen molar-refractivity contribution < 1.29 is 0 Å². The topological polar surface area (TPSA) is 68.2 Å². The van der Waals surface area contributed by atoms with Gasteiger partial charge in [-0.05, 0) is 12.8 Å². The molecule has 0 aliphatic rings. The third-order valence-corrected chi connectivity index (χ3v) is 2.45. The van der Waals surface area contributed by atoms with Crippen LogP contribution in [-0.4, -0.2) is 22.3 Å². The molecule has 0 saturated heterocycles. The summed E-state index contributed by atoms with van der Waals surface area (Å²) in [5, 5.41) is 7.23. The third kappa shape index (κ3) is 5.38. The summed E-state index contributed by atoms with van der Waals surface area (Å²) in [5.74, 6) is 1.06. The molecule has 0 aromatic carbocycles. The summed E-state index contributed by atoms with van der Waals surface area (Å²) < 4.78 is 1.84. The van der Waals surface area contributed by atoms with Gasteiger partial charge in [0, 0.05) is 24.8 Å². The minimum atomic E-state index is 0. The fourth-order valence-electron chi connectivity index (χ4n) is 1.23. The second-order valence-electron chi connectivity index (χ2n) is 4.36. The van der Waals surface area contributed by atoms with E-state index in [1.807, 2.05) is 24.9 Å². The molecule has 98 valence electrons. The molecule has 6 heteroatoms. The zero-order chi connectivity index (χ0) is 12.1. The highest BCUT2D eigenvalue weighted by molar-refractivity contribution is 14.0. The Hall–Kier alpha value is -0.790. The van der Waals surface area contributed by atoms with E-state index in [0.717, 1.165) is 17.8 Å². The summed E-state index contributed by atoms with van der Waals surface area (Å²) in [4.78, 5) is 4.27. The normalized spacial score (nSPS) is 11.5. The number of aromatic nitrogens is 2. The molecule has 0 spiro atoms. The lowest BCUT2D eigenvalue weighted by Crippen LogP contribution is -2.34. The Labute approximate surface area is 120 Å². The van der Waals surface area contributed by atoms with Gasteiger partial charge in [0.2, 0.25) is 0 Å². The van der Waals surface area contributed by atoms with Crippen molar-refractivity contribution in [3.63, 3.8) is 0 Å². The molecule has 0 aliphatic heterocycles. The molecule has 5 nitrogen and oxygen atoms in total. The van der Waals surface area contributed by atoms with E-state index in [9.17, 15) is 0 Å². The SMILES string of the molecule is Cc1c(CN=C(N)NCC(C)C)cnn1C.I. The number of hydrogen-bond acceptors (Lipinski definition) is 2. The molecule has 1 aromatic heterocycles. The molecule has 1 heterocycles. The lowest BCUT2D eigenvalue weighted by Gasteiger charge is -2.07. The molecule has 0 atom stereocenters. The van der Waals surface area contributed by atoms with Crippen molar-refractivity contribution in [2.24, 2.45) is 23.7 Å². The van der Waals surface area contributed by atoms with Crippen molar-refractivity contribution >= 4 is 29.9 Å². The quantitative estimate of drug-likeness (QED) is 0.490. The first-order chi connectivity index (χ1) is 7.50. The summed E-state index contributed by atoms with van der Waals surface area (Å²) >= 11 is 0. The third-order valence-electron chi connectivity index (χ3n) is 2.45. The maximum atomic E-state index is 5.74. The van der Waals surface area contributed by atoms with Crippen LogP contribution in [0.1, 0.15) is 25.1 Å². The molecule has 1 rings (SSSR count). The number of rotatable bonds is 4. The van der Waals surface area contributed by atoms with E-state index in [4.69, 9.17) is 5.73 Å². The van der Waals surface area contributed by atoms with Crippen LogP contribution in [0, 0.1) is 12.8 Å². The Morgan fingerprint density at radius 2 is 2.24 bits per heavy atom. The number of aliphatic imine (C=N–C) groups is 1. The lowest BCUT2D eigenvalue weighted by atomic mass is 10.2. The van der Waals surface area contributed by atoms with Crippen molar-refractivity contribution in [1.29, 1.82) is 0 Å². The first-order valence-electron chi connectivity index (χ1n) is 5.52. The van der Waals surface area contributed by atoms with Crippen molar-refractivity contribution in [2.45, 2.75) is 27.3 Å². The summed E-state index contributed by atoms with van der Waals surface area (Å²) in [5.41, 5.74) is 7.97. The Bertz CT molecular complexity index is 370. The molecule has 0 fully saturated rings. The predicted octanol–water partition coefficient (Wildman–Crippen LogP) is 1.41. The molecule has 0 unspecified atom stereocenters. The fraction of sp³-hybridized carbons (Fsp3) is 0.636. The van der Waals surface area contributed by atoms with Gasteiger partial charge in [-0.2, -0.15) is 5.10 Å². The predicted molar refractivity (Wildman–Crippen MR) is 81.5 cm³/mol. The van der Waals surface area contributed by atoms with Crippen LogP contribution in [0.25, 0.3) is 0 Å². The molecule has 0 saturated carbocycles. The van der Waals surface area contributed by atoms with Gasteiger partial charge < -0.3 is 11.1 Å². The first kappa shape index (κ1) is 16.2. The van der Waals surface area contributed by atoms with Crippen LogP contribution in [0.2, 0.25) is 0 Å². The van der Waals surface area contributed by atoms with Crippen LogP contribution in [0.4, 0.5) is 0 Å². The van der Waals surface area contributed by atoms with E-state index in [-0.39, 0.29) is 24.0 Å². The van der Waals surface area contributed by atoms with Crippen molar-refractivity contribution in [3.8, 4) is 0 Å². The monoisotopic (exact) mass is 351 g/mol. The summed E-state index contributed by atoms with van der Waals surface area (Å²) in [6.45, 7) is 7.71. The summed E-state index contributed by atoms with van der Waals surface area (Å²) in [7, 11) is 1.92. The van der Waals surface area contributed by atoms with Crippen LogP contribution < -0.4 is 11.1 Å². The molecule has 17 heavy (non-hydrogen) atoms. The Balaban J connectivity index is 0.00000256. The van der Waals surface area contributed by atoms with Crippen LogP contribution in [-0.2, 0) is 13.6 Å². The van der Waals surface area contributed by atoms with Gasteiger partial charge in [-0.15, -0.1) is 24.0 Å². The highest BCUT2D eigenvalue weighted by atomic mass is 127. The maximum Gasteiger partial charge on any atom is 0.188 e. The average molecular weight is 351 g/mol. The molecular weight excluding hydrogens is 329 g/mol. The molecule has 0 amide bonds. The summed E-state index contributed by atoms with van der Waals surface area (Å²) in [6.07, 6.45) is 1.83. The molecule has 0 radical (unpaired) electrons. The highest BCUT2D eigenvalue weighted by Gasteiger charge is 2.02. The number of guanidine groups is 1. The lowest BCUT2D eigenvalue weighted by molar-refractivity contribution is 0.622. The van der Waals surface area contributed by atoms with Gasteiger partial charge in [0.1, 0.15) is 0 Å². The largest absolute Gasteiger partial charge is 0.370 e. The van der Waals surface area contributed by atoms with Crippen molar-refractivity contribution in [2.75, 3.05) is 6.54 Å². The molecule has 0 bridgehead atoms. The Morgan fingerprint density at radius 1 is 1.59 bits per heavy atom. The smallest absolute Gasteiger partial charge is 0.188 e. The van der Waals surface area contributed by atoms with Crippen molar-refractivity contribution in [3.05, 3.63) is 17.5 Å². The zero-order valence-electron chi connectivity index (χ0n) is 10.9. The van der Waals surface area contributed by atoms with Crippen LogP contribution in [0.3, 0.4) is 0 Å². The zero-order valence-corrected chi connectivity index (χ0v) is 13.2. The van der Waals surface area contributed by atoms with E-state index in [0.29, 0.717) is 18.4 Å². The Kier molecular flexibility index (Phi) is 7.17. The molecule has 0 aliphatic carbocycles. The number of nitrogens with two attached hydrogens (primary N) is 1. The maximum absolute atomic E-state index is 5.74. The van der Waals surface area contributed by atoms with Crippen LogP contribution >= 0.6 is 24.0 Å². The molecule has 1 aromatic rings. The second kappa shape index (κ2) is 7.52. The van der Waals surface area contributed by atoms with Gasteiger partial charge in [-0.3, -0.25) is 4.68 Å². The van der Waals surface area contributed by atoms with Crippen molar-refractivity contribution in [1.82, 2.24) is 15.1 Å². The number of nitrogens with zero attached hydrogens (tertiary/aromatic N) is 3. The molecule has 3 N–H and O–H groups in total. The summed E-state index contributed by atoms with van der Waals surface area (Å²) in [6, 6.07) is 0.